The molecule has 1 unspecified atom stereocenters. The van der Waals surface area contributed by atoms with Gasteiger partial charge in [0, 0.05) is 62.0 Å². The Labute approximate surface area is 192 Å². The van der Waals surface area contributed by atoms with Crippen LogP contribution in [0.2, 0.25) is 0 Å². The first-order valence-electron chi connectivity index (χ1n) is 11.3. The molecule has 1 aromatic heterocycles. The fraction of sp³-hybridized carbons (Fsp3) is 0.360. The average molecular weight is 446 g/mol. The SMILES string of the molecule is CC(=O)c1ccc(N2CCN(Cc3nc(C4CC(=O)N(c5ccccc5)C4)no3)CC2)cc1. The van der Waals surface area contributed by atoms with Crippen LogP contribution in [0.25, 0.3) is 0 Å². The largest absolute Gasteiger partial charge is 0.369 e. The standard InChI is InChI=1S/C25H27N5O3/c1-18(31)19-7-9-21(10-8-19)29-13-11-28(12-14-29)17-23-26-25(27-33-23)20-15-24(32)30(16-20)22-5-3-2-4-6-22/h2-10,20H,11-17H2,1H3. The second-order valence-corrected chi connectivity index (χ2v) is 8.65. The van der Waals surface area contributed by atoms with Gasteiger partial charge in [-0.15, -0.1) is 0 Å². The molecule has 170 valence electrons. The monoisotopic (exact) mass is 445 g/mol. The van der Waals surface area contributed by atoms with Crippen LogP contribution in [0.4, 0.5) is 11.4 Å². The highest BCUT2D eigenvalue weighted by molar-refractivity contribution is 5.96. The van der Waals surface area contributed by atoms with Crippen molar-refractivity contribution in [3.8, 4) is 0 Å². The average Bonchev–Trinajstić information content (AvgIpc) is 3.47. The third-order valence-corrected chi connectivity index (χ3v) is 6.41. The minimum absolute atomic E-state index is 0.0509. The number of ketones is 1. The van der Waals surface area contributed by atoms with E-state index < -0.39 is 0 Å². The number of hydrogen-bond acceptors (Lipinski definition) is 7. The first-order valence-corrected chi connectivity index (χ1v) is 11.3. The van der Waals surface area contributed by atoms with Gasteiger partial charge in [0.05, 0.1) is 6.54 Å². The quantitative estimate of drug-likeness (QED) is 0.539. The highest BCUT2D eigenvalue weighted by Gasteiger charge is 2.34. The molecule has 2 saturated heterocycles. The Morgan fingerprint density at radius 2 is 1.73 bits per heavy atom. The fourth-order valence-electron chi connectivity index (χ4n) is 4.50. The van der Waals surface area contributed by atoms with Crippen LogP contribution in [-0.2, 0) is 11.3 Å². The maximum Gasteiger partial charge on any atom is 0.240 e. The maximum atomic E-state index is 12.5. The Balaban J connectivity index is 1.15. The summed E-state index contributed by atoms with van der Waals surface area (Å²) in [5, 5.41) is 4.18. The Morgan fingerprint density at radius 1 is 1.00 bits per heavy atom. The Morgan fingerprint density at radius 3 is 2.42 bits per heavy atom. The Hall–Kier alpha value is -3.52. The molecule has 0 N–H and O–H groups in total. The Bertz CT molecular complexity index is 1120. The molecule has 2 aliphatic rings. The zero-order valence-electron chi connectivity index (χ0n) is 18.7. The lowest BCUT2D eigenvalue weighted by Crippen LogP contribution is -2.46. The number of nitrogens with zero attached hydrogens (tertiary/aromatic N) is 5. The van der Waals surface area contributed by atoms with Gasteiger partial charge in [-0.1, -0.05) is 23.4 Å². The van der Waals surface area contributed by atoms with Gasteiger partial charge >= 0.3 is 0 Å². The summed E-state index contributed by atoms with van der Waals surface area (Å²) in [6.45, 7) is 6.32. The molecule has 0 spiro atoms. The number of Topliss-reactive ketones (excluding diaryl/α,β-unsaturated/α-hetero) is 1. The number of carbonyl (C=O) groups excluding carboxylic acids is 2. The molecule has 8 heteroatoms. The molecule has 3 aromatic rings. The number of hydrogen-bond donors (Lipinski definition) is 0. The smallest absolute Gasteiger partial charge is 0.240 e. The van der Waals surface area contributed by atoms with Crippen molar-refractivity contribution in [3.63, 3.8) is 0 Å². The zero-order chi connectivity index (χ0) is 22.8. The molecule has 2 aliphatic heterocycles. The van der Waals surface area contributed by atoms with Gasteiger partial charge in [0.1, 0.15) is 0 Å². The lowest BCUT2D eigenvalue weighted by Gasteiger charge is -2.35. The molecular weight excluding hydrogens is 418 g/mol. The van der Waals surface area contributed by atoms with Crippen molar-refractivity contribution in [3.05, 3.63) is 71.9 Å². The second-order valence-electron chi connectivity index (χ2n) is 8.65. The molecule has 5 rings (SSSR count). The molecule has 3 heterocycles. The normalized spacial score (nSPS) is 19.3. The van der Waals surface area contributed by atoms with Crippen molar-refractivity contribution >= 4 is 23.1 Å². The predicted molar refractivity (Wildman–Crippen MR) is 124 cm³/mol. The molecule has 1 atom stereocenters. The lowest BCUT2D eigenvalue weighted by molar-refractivity contribution is -0.117. The lowest BCUT2D eigenvalue weighted by atomic mass is 10.1. The molecule has 0 bridgehead atoms. The van der Waals surface area contributed by atoms with E-state index in [1.165, 1.54) is 0 Å². The second kappa shape index (κ2) is 9.15. The third-order valence-electron chi connectivity index (χ3n) is 6.41. The van der Waals surface area contributed by atoms with Crippen LogP contribution in [0.1, 0.15) is 41.3 Å². The highest BCUT2D eigenvalue weighted by Crippen LogP contribution is 2.30. The van der Waals surface area contributed by atoms with Gasteiger partial charge in [-0.2, -0.15) is 4.98 Å². The summed E-state index contributed by atoms with van der Waals surface area (Å²) >= 11 is 0. The van der Waals surface area contributed by atoms with Crippen molar-refractivity contribution in [1.82, 2.24) is 15.0 Å². The van der Waals surface area contributed by atoms with E-state index in [2.05, 4.69) is 19.9 Å². The van der Waals surface area contributed by atoms with Crippen LogP contribution in [0, 0.1) is 0 Å². The number of amides is 1. The van der Waals surface area contributed by atoms with Crippen molar-refractivity contribution in [2.24, 2.45) is 0 Å². The number of piperazine rings is 1. The van der Waals surface area contributed by atoms with Crippen molar-refractivity contribution in [1.29, 1.82) is 0 Å². The summed E-state index contributed by atoms with van der Waals surface area (Å²) in [4.78, 5) is 35.0. The van der Waals surface area contributed by atoms with Crippen LogP contribution < -0.4 is 9.80 Å². The van der Waals surface area contributed by atoms with Gasteiger partial charge in [-0.3, -0.25) is 14.5 Å². The molecule has 1 amide bonds. The summed E-state index contributed by atoms with van der Waals surface area (Å²) in [5.74, 6) is 1.32. The van der Waals surface area contributed by atoms with E-state index in [9.17, 15) is 9.59 Å². The number of carbonyl (C=O) groups is 2. The van der Waals surface area contributed by atoms with Gasteiger partial charge in [-0.25, -0.2) is 0 Å². The van der Waals surface area contributed by atoms with Crippen LogP contribution in [-0.4, -0.2) is 59.5 Å². The molecule has 33 heavy (non-hydrogen) atoms. The van der Waals surface area contributed by atoms with E-state index in [-0.39, 0.29) is 17.6 Å². The first-order chi connectivity index (χ1) is 16.1. The highest BCUT2D eigenvalue weighted by atomic mass is 16.5. The topological polar surface area (TPSA) is 82.8 Å². The number of para-hydroxylation sites is 1. The van der Waals surface area contributed by atoms with E-state index in [0.717, 1.165) is 43.1 Å². The zero-order valence-corrected chi connectivity index (χ0v) is 18.7. The summed E-state index contributed by atoms with van der Waals surface area (Å²) in [5.41, 5.74) is 2.77. The molecule has 2 fully saturated rings. The van der Waals surface area contributed by atoms with Crippen molar-refractivity contribution in [2.45, 2.75) is 25.8 Å². The minimum atomic E-state index is -0.0509. The van der Waals surface area contributed by atoms with Gasteiger partial charge in [0.2, 0.25) is 11.8 Å². The molecule has 0 radical (unpaired) electrons. The van der Waals surface area contributed by atoms with E-state index in [1.807, 2.05) is 54.6 Å². The van der Waals surface area contributed by atoms with E-state index in [1.54, 1.807) is 11.8 Å². The molecule has 2 aromatic carbocycles. The van der Waals surface area contributed by atoms with Gasteiger partial charge in [0.25, 0.3) is 0 Å². The van der Waals surface area contributed by atoms with Crippen LogP contribution >= 0.6 is 0 Å². The number of aromatic nitrogens is 2. The number of benzene rings is 2. The summed E-state index contributed by atoms with van der Waals surface area (Å²) in [6.07, 6.45) is 0.398. The molecule has 0 saturated carbocycles. The van der Waals surface area contributed by atoms with Crippen molar-refractivity contribution in [2.75, 3.05) is 42.5 Å². The summed E-state index contributed by atoms with van der Waals surface area (Å²) < 4.78 is 5.52. The minimum Gasteiger partial charge on any atom is -0.369 e. The van der Waals surface area contributed by atoms with Crippen LogP contribution in [0.5, 0.6) is 0 Å². The number of anilines is 2. The maximum absolute atomic E-state index is 12.5. The number of rotatable bonds is 6. The van der Waals surface area contributed by atoms with Gasteiger partial charge in [0.15, 0.2) is 11.6 Å². The summed E-state index contributed by atoms with van der Waals surface area (Å²) in [7, 11) is 0. The third kappa shape index (κ3) is 4.66. The molecule has 8 nitrogen and oxygen atoms in total. The van der Waals surface area contributed by atoms with Gasteiger partial charge in [-0.05, 0) is 43.3 Å². The predicted octanol–water partition coefficient (Wildman–Crippen LogP) is 3.11. The van der Waals surface area contributed by atoms with Crippen molar-refractivity contribution < 1.29 is 14.1 Å². The summed E-state index contributed by atoms with van der Waals surface area (Å²) in [6, 6.07) is 17.5. The Kier molecular flexibility index (Phi) is 5.92. The van der Waals surface area contributed by atoms with E-state index in [4.69, 9.17) is 4.52 Å². The van der Waals surface area contributed by atoms with E-state index in [0.29, 0.717) is 31.2 Å². The van der Waals surface area contributed by atoms with Crippen LogP contribution in [0.3, 0.4) is 0 Å². The first kappa shape index (κ1) is 21.3. The molecular formula is C25H27N5O3. The van der Waals surface area contributed by atoms with Crippen LogP contribution in [0.15, 0.2) is 59.1 Å². The molecule has 0 aliphatic carbocycles. The fourth-order valence-corrected chi connectivity index (χ4v) is 4.50. The van der Waals surface area contributed by atoms with Gasteiger partial charge < -0.3 is 14.3 Å². The van der Waals surface area contributed by atoms with E-state index >= 15 is 0 Å².